The Bertz CT molecular complexity index is 1200. The van der Waals surface area contributed by atoms with Crippen molar-refractivity contribution in [1.29, 1.82) is 0 Å². The van der Waals surface area contributed by atoms with E-state index < -0.39 is 5.54 Å². The fraction of sp³-hybridized carbons (Fsp3) is 0.161. The molecule has 0 radical (unpaired) electrons. The lowest BCUT2D eigenvalue weighted by Gasteiger charge is -2.47. The van der Waals surface area contributed by atoms with E-state index in [-0.39, 0.29) is 5.78 Å². The van der Waals surface area contributed by atoms with Crippen LogP contribution in [0, 0.1) is 6.92 Å². The summed E-state index contributed by atoms with van der Waals surface area (Å²) in [6, 6.07) is 37.8. The van der Waals surface area contributed by atoms with Crippen molar-refractivity contribution < 1.29 is 4.79 Å². The minimum absolute atomic E-state index is 0.197. The number of likely N-dealkylation sites (tertiary alicyclic amines) is 1. The van der Waals surface area contributed by atoms with Crippen molar-refractivity contribution in [3.63, 3.8) is 0 Å². The largest absolute Gasteiger partial charge is 0.294 e. The second-order valence-corrected chi connectivity index (χ2v) is 8.78. The second kappa shape index (κ2) is 9.58. The third kappa shape index (κ3) is 4.11. The summed E-state index contributed by atoms with van der Waals surface area (Å²) in [5.74, 6) is 0.197. The SMILES string of the molecule is Cc1cccc(/C=C2/CN(C(c3ccccc3)(c3ccccc3)c3ccccc3)CCC2=O)n1. The number of hydrogen-bond acceptors (Lipinski definition) is 3. The molecular formula is C31H28N2O. The van der Waals surface area contributed by atoms with Crippen LogP contribution >= 0.6 is 0 Å². The summed E-state index contributed by atoms with van der Waals surface area (Å²) in [5, 5.41) is 0. The molecule has 1 aromatic heterocycles. The molecule has 0 atom stereocenters. The smallest absolute Gasteiger partial charge is 0.161 e. The third-order valence-electron chi connectivity index (χ3n) is 6.61. The number of rotatable bonds is 5. The monoisotopic (exact) mass is 444 g/mol. The van der Waals surface area contributed by atoms with Gasteiger partial charge in [0.2, 0.25) is 0 Å². The Kier molecular flexibility index (Phi) is 6.20. The summed E-state index contributed by atoms with van der Waals surface area (Å²) in [4.78, 5) is 20.1. The second-order valence-electron chi connectivity index (χ2n) is 8.78. The topological polar surface area (TPSA) is 33.2 Å². The minimum Gasteiger partial charge on any atom is -0.294 e. The van der Waals surface area contributed by atoms with Crippen LogP contribution in [0.3, 0.4) is 0 Å². The van der Waals surface area contributed by atoms with Crippen molar-refractivity contribution in [3.8, 4) is 0 Å². The average molecular weight is 445 g/mol. The number of benzene rings is 3. The van der Waals surface area contributed by atoms with Crippen LogP contribution in [0.15, 0.2) is 115 Å². The van der Waals surface area contributed by atoms with Crippen molar-refractivity contribution in [1.82, 2.24) is 9.88 Å². The maximum Gasteiger partial charge on any atom is 0.161 e. The standard InChI is InChI=1S/C31H28N2O/c1-24-12-11-19-29(32-24)22-25-23-33(21-20-30(25)34)31(26-13-5-2-6-14-26,27-15-7-3-8-16-27)28-17-9-4-10-18-28/h2-19,22H,20-21,23H2,1H3/b25-22-. The van der Waals surface area contributed by atoms with Crippen molar-refractivity contribution in [2.75, 3.05) is 13.1 Å². The Hall–Kier alpha value is -3.82. The zero-order valence-corrected chi connectivity index (χ0v) is 19.4. The number of Topliss-reactive ketones (excluding diaryl/α,β-unsaturated/α-hetero) is 1. The quantitative estimate of drug-likeness (QED) is 0.278. The summed E-state index contributed by atoms with van der Waals surface area (Å²) >= 11 is 0. The lowest BCUT2D eigenvalue weighted by atomic mass is 9.74. The molecule has 3 heteroatoms. The van der Waals surface area contributed by atoms with E-state index in [9.17, 15) is 4.79 Å². The molecule has 0 aliphatic carbocycles. The van der Waals surface area contributed by atoms with Gasteiger partial charge in [-0.05, 0) is 41.8 Å². The van der Waals surface area contributed by atoms with Gasteiger partial charge in [-0.15, -0.1) is 0 Å². The number of nitrogens with zero attached hydrogens (tertiary/aromatic N) is 2. The van der Waals surface area contributed by atoms with E-state index in [2.05, 4.69) is 101 Å². The lowest BCUT2D eigenvalue weighted by molar-refractivity contribution is -0.117. The first-order chi connectivity index (χ1) is 16.7. The highest BCUT2D eigenvalue weighted by atomic mass is 16.1. The van der Waals surface area contributed by atoms with Gasteiger partial charge < -0.3 is 0 Å². The zero-order chi connectivity index (χ0) is 23.4. The average Bonchev–Trinajstić information content (AvgIpc) is 2.88. The lowest BCUT2D eigenvalue weighted by Crippen LogP contribution is -2.52. The Morgan fingerprint density at radius 2 is 1.26 bits per heavy atom. The number of pyridine rings is 1. The Morgan fingerprint density at radius 3 is 1.76 bits per heavy atom. The normalized spacial score (nSPS) is 16.0. The maximum atomic E-state index is 13.0. The predicted octanol–water partition coefficient (Wildman–Crippen LogP) is 6.04. The molecule has 3 nitrogen and oxygen atoms in total. The van der Waals surface area contributed by atoms with E-state index in [1.807, 2.05) is 31.2 Å². The van der Waals surface area contributed by atoms with Crippen LogP contribution in [0.2, 0.25) is 0 Å². The molecule has 5 rings (SSSR count). The van der Waals surface area contributed by atoms with E-state index in [4.69, 9.17) is 0 Å². The van der Waals surface area contributed by atoms with Gasteiger partial charge in [-0.25, -0.2) is 0 Å². The summed E-state index contributed by atoms with van der Waals surface area (Å²) < 4.78 is 0. The first-order valence-electron chi connectivity index (χ1n) is 11.8. The molecule has 0 saturated carbocycles. The van der Waals surface area contributed by atoms with Crippen molar-refractivity contribution in [2.24, 2.45) is 0 Å². The first kappa shape index (κ1) is 22.0. The molecule has 168 valence electrons. The number of ketones is 1. The molecule has 1 aliphatic heterocycles. The fourth-order valence-electron chi connectivity index (χ4n) is 5.09. The van der Waals surface area contributed by atoms with Gasteiger partial charge in [0, 0.05) is 30.8 Å². The number of carbonyl (C=O) groups is 1. The summed E-state index contributed by atoms with van der Waals surface area (Å²) in [6.45, 7) is 3.20. The van der Waals surface area contributed by atoms with Crippen molar-refractivity contribution in [2.45, 2.75) is 18.9 Å². The van der Waals surface area contributed by atoms with Crippen LogP contribution in [0.1, 0.15) is 34.5 Å². The maximum absolute atomic E-state index is 13.0. The van der Waals surface area contributed by atoms with Crippen LogP contribution in [-0.4, -0.2) is 28.8 Å². The molecule has 2 heterocycles. The molecule has 1 saturated heterocycles. The molecule has 0 N–H and O–H groups in total. The molecule has 1 aliphatic rings. The third-order valence-corrected chi connectivity index (χ3v) is 6.61. The van der Waals surface area contributed by atoms with Gasteiger partial charge >= 0.3 is 0 Å². The molecule has 0 spiro atoms. The van der Waals surface area contributed by atoms with Gasteiger partial charge in [0.25, 0.3) is 0 Å². The number of aryl methyl sites for hydroxylation is 1. The van der Waals surface area contributed by atoms with Gasteiger partial charge in [0.05, 0.1) is 11.2 Å². The summed E-state index contributed by atoms with van der Waals surface area (Å²) in [7, 11) is 0. The highest BCUT2D eigenvalue weighted by molar-refractivity contribution is 6.00. The Labute approximate surface area is 201 Å². The Morgan fingerprint density at radius 1 is 0.735 bits per heavy atom. The fourth-order valence-corrected chi connectivity index (χ4v) is 5.09. The van der Waals surface area contributed by atoms with Gasteiger partial charge in [0.15, 0.2) is 5.78 Å². The van der Waals surface area contributed by atoms with E-state index in [1.165, 1.54) is 16.7 Å². The van der Waals surface area contributed by atoms with Crippen LogP contribution in [-0.2, 0) is 10.3 Å². The van der Waals surface area contributed by atoms with Crippen LogP contribution in [0.5, 0.6) is 0 Å². The number of carbonyl (C=O) groups excluding carboxylic acids is 1. The molecule has 0 amide bonds. The van der Waals surface area contributed by atoms with E-state index in [0.29, 0.717) is 19.5 Å². The van der Waals surface area contributed by atoms with Gasteiger partial charge in [-0.2, -0.15) is 0 Å². The minimum atomic E-state index is -0.524. The highest BCUT2D eigenvalue weighted by Crippen LogP contribution is 2.43. The first-order valence-corrected chi connectivity index (χ1v) is 11.8. The van der Waals surface area contributed by atoms with Crippen molar-refractivity contribution >= 4 is 11.9 Å². The molecule has 3 aromatic carbocycles. The molecule has 0 bridgehead atoms. The summed E-state index contributed by atoms with van der Waals surface area (Å²) in [5.41, 5.74) is 5.62. The number of aromatic nitrogens is 1. The van der Waals surface area contributed by atoms with E-state index in [1.54, 1.807) is 0 Å². The van der Waals surface area contributed by atoms with Gasteiger partial charge in [-0.3, -0.25) is 14.7 Å². The van der Waals surface area contributed by atoms with E-state index in [0.717, 1.165) is 17.0 Å². The summed E-state index contributed by atoms with van der Waals surface area (Å²) in [6.07, 6.45) is 2.44. The van der Waals surface area contributed by atoms with E-state index >= 15 is 0 Å². The van der Waals surface area contributed by atoms with Crippen molar-refractivity contribution in [3.05, 3.63) is 143 Å². The molecule has 4 aromatic rings. The Balaban J connectivity index is 1.70. The zero-order valence-electron chi connectivity index (χ0n) is 19.4. The highest BCUT2D eigenvalue weighted by Gasteiger charge is 2.44. The van der Waals surface area contributed by atoms with Crippen LogP contribution < -0.4 is 0 Å². The van der Waals surface area contributed by atoms with Crippen LogP contribution in [0.4, 0.5) is 0 Å². The molecular weight excluding hydrogens is 416 g/mol. The van der Waals surface area contributed by atoms with Gasteiger partial charge in [0.1, 0.15) is 0 Å². The molecule has 0 unspecified atom stereocenters. The molecule has 1 fully saturated rings. The van der Waals surface area contributed by atoms with Crippen LogP contribution in [0.25, 0.3) is 6.08 Å². The number of hydrogen-bond donors (Lipinski definition) is 0. The predicted molar refractivity (Wildman–Crippen MR) is 137 cm³/mol. The van der Waals surface area contributed by atoms with Gasteiger partial charge in [-0.1, -0.05) is 97.1 Å². The molecule has 34 heavy (non-hydrogen) atoms. The number of piperidine rings is 1.